The van der Waals surface area contributed by atoms with E-state index in [1.807, 2.05) is 0 Å². The second-order valence-electron chi connectivity index (χ2n) is 4.46. The maximum atomic E-state index is 13.6. The van der Waals surface area contributed by atoms with Crippen molar-refractivity contribution < 1.29 is 9.18 Å². The van der Waals surface area contributed by atoms with Gasteiger partial charge in [-0.1, -0.05) is 27.7 Å². The van der Waals surface area contributed by atoms with Crippen LogP contribution in [0.5, 0.6) is 0 Å². The van der Waals surface area contributed by atoms with Crippen LogP contribution in [0.15, 0.2) is 38.8 Å². The fourth-order valence-electron chi connectivity index (χ4n) is 1.80. The number of carbonyl (C=O) groups excluding carboxylic acids is 1. The first-order valence-corrected chi connectivity index (χ1v) is 8.12. The van der Waals surface area contributed by atoms with Gasteiger partial charge in [0, 0.05) is 4.47 Å². The maximum Gasteiger partial charge on any atom is 0.262 e. The van der Waals surface area contributed by atoms with Gasteiger partial charge >= 0.3 is 0 Å². The molecule has 3 aromatic rings. The first-order chi connectivity index (χ1) is 11.0. The molecule has 7 nitrogen and oxygen atoms in total. The summed E-state index contributed by atoms with van der Waals surface area (Å²) in [5.74, 6) is -0.982. The zero-order chi connectivity index (χ0) is 16.4. The number of halogens is 2. The predicted molar refractivity (Wildman–Crippen MR) is 88.0 cm³/mol. The summed E-state index contributed by atoms with van der Waals surface area (Å²) in [7, 11) is 0. The molecule has 3 rings (SSSR count). The van der Waals surface area contributed by atoms with E-state index < -0.39 is 11.7 Å². The summed E-state index contributed by atoms with van der Waals surface area (Å²) in [4.78, 5) is 30.3. The van der Waals surface area contributed by atoms with Gasteiger partial charge in [0.1, 0.15) is 11.2 Å². The molecule has 0 aliphatic heterocycles. The first-order valence-electron chi connectivity index (χ1n) is 6.34. The highest BCUT2D eigenvalue weighted by atomic mass is 79.9. The number of hydrogen-bond donors (Lipinski definition) is 3. The summed E-state index contributed by atoms with van der Waals surface area (Å²) in [5.41, 5.74) is 0.0884. The van der Waals surface area contributed by atoms with E-state index in [2.05, 4.69) is 41.4 Å². The average Bonchev–Trinajstić information content (AvgIpc) is 2.97. The highest BCUT2D eigenvalue weighted by Crippen LogP contribution is 2.20. The molecule has 2 heterocycles. The van der Waals surface area contributed by atoms with Crippen molar-refractivity contribution in [3.63, 3.8) is 0 Å². The van der Waals surface area contributed by atoms with Crippen molar-refractivity contribution in [2.24, 2.45) is 0 Å². The van der Waals surface area contributed by atoms with Gasteiger partial charge in [-0.15, -0.1) is 0 Å². The second kappa shape index (κ2) is 6.50. The minimum absolute atomic E-state index is 0.0297. The highest BCUT2D eigenvalue weighted by molar-refractivity contribution is 9.10. The lowest BCUT2D eigenvalue weighted by Crippen LogP contribution is -2.16. The number of aromatic amines is 2. The highest BCUT2D eigenvalue weighted by Gasteiger charge is 2.10. The molecule has 0 saturated carbocycles. The number of benzene rings is 1. The number of thioether (sulfide) groups is 1. The van der Waals surface area contributed by atoms with Gasteiger partial charge in [-0.3, -0.25) is 14.7 Å². The molecule has 0 unspecified atom stereocenters. The van der Waals surface area contributed by atoms with Crippen LogP contribution in [0, 0.1) is 5.82 Å². The van der Waals surface area contributed by atoms with Crippen molar-refractivity contribution in [1.82, 2.24) is 20.2 Å². The third-order valence-electron chi connectivity index (χ3n) is 2.84. The van der Waals surface area contributed by atoms with E-state index in [0.29, 0.717) is 15.5 Å². The normalized spacial score (nSPS) is 10.9. The number of fused-ring (bicyclic) bond motifs is 1. The van der Waals surface area contributed by atoms with E-state index in [-0.39, 0.29) is 22.2 Å². The van der Waals surface area contributed by atoms with Gasteiger partial charge in [-0.2, -0.15) is 5.10 Å². The SMILES string of the molecule is O=C(CSc1nc2[nH]ncc2c(=O)[nH]1)Nc1ccc(Br)cc1F. The quantitative estimate of drug-likeness (QED) is 0.462. The Balaban J connectivity index is 1.67. The second-order valence-corrected chi connectivity index (χ2v) is 6.34. The Morgan fingerprint density at radius 1 is 1.43 bits per heavy atom. The Morgan fingerprint density at radius 2 is 2.26 bits per heavy atom. The van der Waals surface area contributed by atoms with Gasteiger partial charge in [-0.05, 0) is 18.2 Å². The molecule has 0 fully saturated rings. The van der Waals surface area contributed by atoms with Crippen molar-refractivity contribution in [2.45, 2.75) is 5.16 Å². The van der Waals surface area contributed by atoms with Crippen LogP contribution >= 0.6 is 27.7 Å². The number of amides is 1. The average molecular weight is 398 g/mol. The van der Waals surface area contributed by atoms with Crippen LogP contribution in [0.1, 0.15) is 0 Å². The number of nitrogens with one attached hydrogen (secondary N) is 3. The molecule has 0 spiro atoms. The molecule has 10 heteroatoms. The molecule has 0 saturated heterocycles. The fourth-order valence-corrected chi connectivity index (χ4v) is 2.80. The maximum absolute atomic E-state index is 13.6. The van der Waals surface area contributed by atoms with Crippen LogP contribution in [-0.4, -0.2) is 31.8 Å². The number of aromatic nitrogens is 4. The molecule has 1 aromatic carbocycles. The standard InChI is InChI=1S/C13H9BrFN5O2S/c14-6-1-2-9(8(15)3-6)17-10(21)5-23-13-18-11-7(4-16-20-11)12(22)19-13/h1-4H,5H2,(H,17,21)(H2,16,18,19,20,22). The smallest absolute Gasteiger partial charge is 0.262 e. The first kappa shape index (κ1) is 15.7. The van der Waals surface area contributed by atoms with Gasteiger partial charge in [0.25, 0.3) is 5.56 Å². The Bertz CT molecular complexity index is 942. The van der Waals surface area contributed by atoms with Crippen LogP contribution < -0.4 is 10.9 Å². The van der Waals surface area contributed by atoms with E-state index in [9.17, 15) is 14.0 Å². The summed E-state index contributed by atoms with van der Waals surface area (Å²) < 4.78 is 14.2. The molecular formula is C13H9BrFN5O2S. The zero-order valence-electron chi connectivity index (χ0n) is 11.4. The van der Waals surface area contributed by atoms with E-state index in [1.165, 1.54) is 18.3 Å². The van der Waals surface area contributed by atoms with E-state index in [4.69, 9.17) is 0 Å². The number of H-pyrrole nitrogens is 2. The summed E-state index contributed by atoms with van der Waals surface area (Å²) in [6.45, 7) is 0. The van der Waals surface area contributed by atoms with Crippen molar-refractivity contribution in [1.29, 1.82) is 0 Å². The molecule has 0 atom stereocenters. The van der Waals surface area contributed by atoms with Gasteiger partial charge in [0.2, 0.25) is 5.91 Å². The molecule has 0 aliphatic rings. The Morgan fingerprint density at radius 3 is 3.04 bits per heavy atom. The lowest BCUT2D eigenvalue weighted by atomic mass is 10.3. The Hall–Kier alpha value is -2.20. The van der Waals surface area contributed by atoms with Crippen molar-refractivity contribution in [2.75, 3.05) is 11.1 Å². The molecule has 0 radical (unpaired) electrons. The van der Waals surface area contributed by atoms with Crippen LogP contribution in [0.4, 0.5) is 10.1 Å². The monoisotopic (exact) mass is 397 g/mol. The number of anilines is 1. The molecule has 118 valence electrons. The largest absolute Gasteiger partial charge is 0.323 e. The third kappa shape index (κ3) is 3.59. The topological polar surface area (TPSA) is 104 Å². The third-order valence-corrected chi connectivity index (χ3v) is 4.21. The zero-order valence-corrected chi connectivity index (χ0v) is 13.8. The van der Waals surface area contributed by atoms with Crippen molar-refractivity contribution in [3.05, 3.63) is 45.0 Å². The van der Waals surface area contributed by atoms with E-state index in [1.54, 1.807) is 6.07 Å². The molecular weight excluding hydrogens is 389 g/mol. The lowest BCUT2D eigenvalue weighted by Gasteiger charge is -2.06. The molecule has 0 bridgehead atoms. The van der Waals surface area contributed by atoms with Gasteiger partial charge in [-0.25, -0.2) is 9.37 Å². The minimum Gasteiger partial charge on any atom is -0.323 e. The number of rotatable bonds is 4. The van der Waals surface area contributed by atoms with E-state index in [0.717, 1.165) is 11.8 Å². The van der Waals surface area contributed by atoms with Crippen molar-refractivity contribution >= 4 is 50.3 Å². The fraction of sp³-hybridized carbons (Fsp3) is 0.0769. The number of hydrogen-bond acceptors (Lipinski definition) is 5. The molecule has 1 amide bonds. The van der Waals surface area contributed by atoms with Crippen LogP contribution in [-0.2, 0) is 4.79 Å². The molecule has 2 aromatic heterocycles. The van der Waals surface area contributed by atoms with Crippen LogP contribution in [0.25, 0.3) is 11.0 Å². The Kier molecular flexibility index (Phi) is 4.44. The van der Waals surface area contributed by atoms with Crippen LogP contribution in [0.2, 0.25) is 0 Å². The van der Waals surface area contributed by atoms with Gasteiger partial charge in [0.15, 0.2) is 10.8 Å². The summed E-state index contributed by atoms with van der Waals surface area (Å²) in [6.07, 6.45) is 1.37. The van der Waals surface area contributed by atoms with Crippen LogP contribution in [0.3, 0.4) is 0 Å². The summed E-state index contributed by atoms with van der Waals surface area (Å²) >= 11 is 4.17. The number of carbonyl (C=O) groups is 1. The number of nitrogens with zero attached hydrogens (tertiary/aromatic N) is 2. The minimum atomic E-state index is -0.539. The summed E-state index contributed by atoms with van der Waals surface area (Å²) in [6, 6.07) is 4.34. The lowest BCUT2D eigenvalue weighted by molar-refractivity contribution is -0.113. The van der Waals surface area contributed by atoms with Crippen molar-refractivity contribution in [3.8, 4) is 0 Å². The molecule has 3 N–H and O–H groups in total. The summed E-state index contributed by atoms with van der Waals surface area (Å²) in [5, 5.41) is 9.40. The molecule has 23 heavy (non-hydrogen) atoms. The van der Waals surface area contributed by atoms with Gasteiger partial charge < -0.3 is 10.3 Å². The van der Waals surface area contributed by atoms with Gasteiger partial charge in [0.05, 0.1) is 17.6 Å². The Labute approximate surface area is 141 Å². The molecule has 0 aliphatic carbocycles. The van der Waals surface area contributed by atoms with E-state index >= 15 is 0 Å². The predicted octanol–water partition coefficient (Wildman–Crippen LogP) is 2.28.